The van der Waals surface area contributed by atoms with Gasteiger partial charge in [-0.1, -0.05) is 49.7 Å². The summed E-state index contributed by atoms with van der Waals surface area (Å²) in [6.45, 7) is 4.42. The van der Waals surface area contributed by atoms with E-state index in [-0.39, 0.29) is 40.2 Å². The lowest BCUT2D eigenvalue weighted by Crippen LogP contribution is -2.40. The second-order valence-electron chi connectivity index (χ2n) is 8.50. The first-order chi connectivity index (χ1) is 15.1. The van der Waals surface area contributed by atoms with Crippen LogP contribution in [0.15, 0.2) is 57.7 Å². The second kappa shape index (κ2) is 8.71. The van der Waals surface area contributed by atoms with Crippen molar-refractivity contribution in [2.75, 3.05) is 11.5 Å². The average Bonchev–Trinajstić information content (AvgIpc) is 3.11. The first-order valence-electron chi connectivity index (χ1n) is 10.5. The van der Waals surface area contributed by atoms with Crippen LogP contribution in [0.3, 0.4) is 0 Å². The molecule has 4 rings (SSSR count). The Kier molecular flexibility index (Phi) is 6.14. The lowest BCUT2D eigenvalue weighted by molar-refractivity contribution is 0.0648. The van der Waals surface area contributed by atoms with Crippen molar-refractivity contribution < 1.29 is 17.6 Å². The minimum atomic E-state index is -3.21. The molecule has 2 heterocycles. The third-order valence-electron chi connectivity index (χ3n) is 5.81. The van der Waals surface area contributed by atoms with Gasteiger partial charge in [0.05, 0.1) is 16.9 Å². The van der Waals surface area contributed by atoms with Crippen LogP contribution in [0.25, 0.3) is 11.0 Å². The maximum Gasteiger partial charge on any atom is 0.290 e. The summed E-state index contributed by atoms with van der Waals surface area (Å²) in [6.07, 6.45) is 0.353. The van der Waals surface area contributed by atoms with Gasteiger partial charge in [-0.15, -0.1) is 0 Å². The van der Waals surface area contributed by atoms with E-state index in [0.29, 0.717) is 17.4 Å². The van der Waals surface area contributed by atoms with Gasteiger partial charge in [-0.3, -0.25) is 9.59 Å². The predicted molar refractivity (Wildman–Crippen MR) is 125 cm³/mol. The monoisotopic (exact) mass is 473 g/mol. The van der Waals surface area contributed by atoms with Crippen molar-refractivity contribution >= 4 is 38.3 Å². The van der Waals surface area contributed by atoms with Crippen LogP contribution >= 0.6 is 11.6 Å². The zero-order valence-electron chi connectivity index (χ0n) is 17.9. The fourth-order valence-corrected chi connectivity index (χ4v) is 5.87. The quantitative estimate of drug-likeness (QED) is 0.548. The Morgan fingerprint density at radius 2 is 1.88 bits per heavy atom. The van der Waals surface area contributed by atoms with Crippen LogP contribution in [0.2, 0.25) is 5.02 Å². The minimum absolute atomic E-state index is 0.0356. The van der Waals surface area contributed by atoms with E-state index in [2.05, 4.69) is 13.8 Å². The van der Waals surface area contributed by atoms with E-state index in [1.54, 1.807) is 12.1 Å². The number of rotatable bonds is 5. The van der Waals surface area contributed by atoms with Crippen molar-refractivity contribution in [3.63, 3.8) is 0 Å². The number of carbonyl (C=O) groups is 1. The lowest BCUT2D eigenvalue weighted by atomic mass is 10.0. The summed E-state index contributed by atoms with van der Waals surface area (Å²) >= 11 is 5.96. The van der Waals surface area contributed by atoms with Gasteiger partial charge in [0.1, 0.15) is 5.58 Å². The van der Waals surface area contributed by atoms with E-state index in [1.807, 2.05) is 24.3 Å². The Balaban J connectivity index is 1.70. The van der Waals surface area contributed by atoms with Crippen molar-refractivity contribution in [3.05, 3.63) is 80.7 Å². The van der Waals surface area contributed by atoms with Crippen molar-refractivity contribution in [3.8, 4) is 0 Å². The van der Waals surface area contributed by atoms with Crippen molar-refractivity contribution in [2.45, 2.75) is 38.8 Å². The molecule has 3 aromatic rings. The summed E-state index contributed by atoms with van der Waals surface area (Å²) in [5, 5.41) is 0.680. The van der Waals surface area contributed by atoms with Gasteiger partial charge in [-0.05, 0) is 41.7 Å². The summed E-state index contributed by atoms with van der Waals surface area (Å²) in [4.78, 5) is 27.5. The molecule has 1 fully saturated rings. The number of sulfone groups is 1. The van der Waals surface area contributed by atoms with Crippen LogP contribution in [0, 0.1) is 0 Å². The normalized spacial score (nSPS) is 17.7. The molecular formula is C24H24ClNO5S. The van der Waals surface area contributed by atoms with Crippen LogP contribution in [0.5, 0.6) is 0 Å². The Bertz CT molecular complexity index is 1330. The summed E-state index contributed by atoms with van der Waals surface area (Å²) in [6, 6.07) is 13.2. The van der Waals surface area contributed by atoms with E-state index in [9.17, 15) is 18.0 Å². The molecule has 0 saturated carbocycles. The van der Waals surface area contributed by atoms with Crippen molar-refractivity contribution in [1.82, 2.24) is 4.90 Å². The standard InChI is InChI=1S/C24H24ClNO5S/c1-15(2)17-5-3-16(4-6-17)13-26(19-9-10-32(29,30)14-19)24(28)23-12-21(27)20-11-18(25)7-8-22(20)31-23/h3-8,11-12,15,19H,9-10,13-14H2,1-2H3/t19-/m0/s1. The highest BCUT2D eigenvalue weighted by atomic mass is 35.5. The number of benzene rings is 2. The van der Waals surface area contributed by atoms with Gasteiger partial charge in [0.25, 0.3) is 5.91 Å². The number of carbonyl (C=O) groups excluding carboxylic acids is 1. The van der Waals surface area contributed by atoms with Gasteiger partial charge >= 0.3 is 0 Å². The summed E-state index contributed by atoms with van der Waals surface area (Å²) in [5.74, 6) is -0.312. The van der Waals surface area contributed by atoms with Crippen LogP contribution in [0.4, 0.5) is 0 Å². The second-order valence-corrected chi connectivity index (χ2v) is 11.2. The van der Waals surface area contributed by atoms with Crippen molar-refractivity contribution in [2.24, 2.45) is 0 Å². The highest BCUT2D eigenvalue weighted by molar-refractivity contribution is 7.91. The number of amides is 1. The first kappa shape index (κ1) is 22.6. The lowest BCUT2D eigenvalue weighted by Gasteiger charge is -2.28. The molecule has 0 aliphatic carbocycles. The molecule has 0 spiro atoms. The van der Waals surface area contributed by atoms with Gasteiger partial charge < -0.3 is 9.32 Å². The molecule has 6 nitrogen and oxygen atoms in total. The van der Waals surface area contributed by atoms with Gasteiger partial charge in [-0.2, -0.15) is 0 Å². The third-order valence-corrected chi connectivity index (χ3v) is 7.79. The Labute approximate surface area is 191 Å². The maximum atomic E-state index is 13.5. The number of halogens is 1. The first-order valence-corrected chi connectivity index (χ1v) is 12.7. The Morgan fingerprint density at radius 1 is 1.16 bits per heavy atom. The van der Waals surface area contributed by atoms with Gasteiger partial charge in [0, 0.05) is 23.7 Å². The maximum absolute atomic E-state index is 13.5. The molecule has 0 N–H and O–H groups in total. The number of hydrogen-bond donors (Lipinski definition) is 0. The minimum Gasteiger partial charge on any atom is -0.451 e. The molecule has 1 saturated heterocycles. The summed E-state index contributed by atoms with van der Waals surface area (Å²) in [5.41, 5.74) is 1.93. The fourth-order valence-electron chi connectivity index (χ4n) is 3.97. The van der Waals surface area contributed by atoms with Crippen LogP contribution < -0.4 is 5.43 Å². The third kappa shape index (κ3) is 4.74. The number of hydrogen-bond acceptors (Lipinski definition) is 5. The molecule has 32 heavy (non-hydrogen) atoms. The summed E-state index contributed by atoms with van der Waals surface area (Å²) < 4.78 is 30.0. The largest absolute Gasteiger partial charge is 0.451 e. The van der Waals surface area contributed by atoms with Gasteiger partial charge in [0.2, 0.25) is 0 Å². The molecule has 1 aliphatic rings. The SMILES string of the molecule is CC(C)c1ccc(CN(C(=O)c2cc(=O)c3cc(Cl)ccc3o2)[C@H]2CCS(=O)(=O)C2)cc1. The average molecular weight is 474 g/mol. The molecule has 1 aliphatic heterocycles. The highest BCUT2D eigenvalue weighted by Gasteiger charge is 2.36. The van der Waals surface area contributed by atoms with E-state index in [4.69, 9.17) is 16.0 Å². The summed E-state index contributed by atoms with van der Waals surface area (Å²) in [7, 11) is -3.21. The van der Waals surface area contributed by atoms with E-state index >= 15 is 0 Å². The Morgan fingerprint density at radius 3 is 2.50 bits per heavy atom. The molecule has 1 aromatic heterocycles. The molecule has 0 radical (unpaired) electrons. The van der Waals surface area contributed by atoms with Gasteiger partial charge in [-0.25, -0.2) is 8.42 Å². The fraction of sp³-hybridized carbons (Fsp3) is 0.333. The number of fused-ring (bicyclic) bond motifs is 1. The molecular weight excluding hydrogens is 450 g/mol. The van der Waals surface area contributed by atoms with Crippen LogP contribution in [-0.2, 0) is 16.4 Å². The van der Waals surface area contributed by atoms with E-state index < -0.39 is 21.8 Å². The molecule has 0 unspecified atom stereocenters. The molecule has 0 bridgehead atoms. The molecule has 168 valence electrons. The Hall–Kier alpha value is -2.64. The van der Waals surface area contributed by atoms with Crippen LogP contribution in [-0.4, -0.2) is 36.8 Å². The number of nitrogens with zero attached hydrogens (tertiary/aromatic N) is 1. The van der Waals surface area contributed by atoms with E-state index in [0.717, 1.165) is 11.6 Å². The molecule has 1 amide bonds. The van der Waals surface area contributed by atoms with Crippen molar-refractivity contribution in [1.29, 1.82) is 0 Å². The smallest absolute Gasteiger partial charge is 0.290 e. The predicted octanol–water partition coefficient (Wildman–Crippen LogP) is 4.40. The van der Waals surface area contributed by atoms with Gasteiger partial charge in [0.15, 0.2) is 21.0 Å². The zero-order valence-corrected chi connectivity index (χ0v) is 19.4. The van der Waals surface area contributed by atoms with E-state index in [1.165, 1.54) is 16.5 Å². The topological polar surface area (TPSA) is 84.7 Å². The molecule has 2 aromatic carbocycles. The molecule has 8 heteroatoms. The zero-order chi connectivity index (χ0) is 23.0. The van der Waals surface area contributed by atoms with Crippen LogP contribution in [0.1, 0.15) is 47.9 Å². The molecule has 1 atom stereocenters. The highest BCUT2D eigenvalue weighted by Crippen LogP contribution is 2.25.